The molecule has 18 heavy (non-hydrogen) atoms. The topological polar surface area (TPSA) is 45.6 Å². The predicted octanol–water partition coefficient (Wildman–Crippen LogP) is 1.59. The zero-order valence-corrected chi connectivity index (χ0v) is 10.4. The molecular weight excluding hydrogens is 226 g/mol. The quantitative estimate of drug-likeness (QED) is 0.775. The number of benzene rings is 1. The van der Waals surface area contributed by atoms with E-state index in [1.54, 1.807) is 7.11 Å². The highest BCUT2D eigenvalue weighted by Crippen LogP contribution is 2.47. The van der Waals surface area contributed by atoms with Gasteiger partial charge in [-0.2, -0.15) is 0 Å². The van der Waals surface area contributed by atoms with Crippen LogP contribution in [-0.2, 0) is 4.84 Å². The van der Waals surface area contributed by atoms with E-state index in [4.69, 9.17) is 4.84 Å². The van der Waals surface area contributed by atoms with E-state index in [2.05, 4.69) is 40.3 Å². The summed E-state index contributed by atoms with van der Waals surface area (Å²) in [5.74, 6) is 1.21. The molecule has 1 saturated heterocycles. The lowest BCUT2D eigenvalue weighted by atomic mass is 9.91. The van der Waals surface area contributed by atoms with Gasteiger partial charge in [0.25, 0.3) is 0 Å². The minimum atomic E-state index is 0.348. The summed E-state index contributed by atoms with van der Waals surface area (Å²) in [6.45, 7) is 0. The molecule has 0 aromatic heterocycles. The zero-order valence-electron chi connectivity index (χ0n) is 10.4. The first kappa shape index (κ1) is 10.5. The first-order valence-electron chi connectivity index (χ1n) is 6.61. The van der Waals surface area contributed by atoms with Crippen molar-refractivity contribution in [3.63, 3.8) is 0 Å². The van der Waals surface area contributed by atoms with Gasteiger partial charge in [-0.3, -0.25) is 5.43 Å². The fourth-order valence-electron chi connectivity index (χ4n) is 3.43. The number of hydrogen-bond acceptors (Lipinski definition) is 4. The van der Waals surface area contributed by atoms with Gasteiger partial charge in [-0.05, 0) is 24.3 Å². The summed E-state index contributed by atoms with van der Waals surface area (Å²) in [7, 11) is 1.63. The molecule has 3 aliphatic rings. The summed E-state index contributed by atoms with van der Waals surface area (Å²) >= 11 is 0. The number of fused-ring (bicyclic) bond motifs is 3. The molecule has 4 nitrogen and oxygen atoms in total. The van der Waals surface area contributed by atoms with Crippen LogP contribution in [0, 0.1) is 11.8 Å². The molecule has 4 heteroatoms. The number of rotatable bonds is 2. The van der Waals surface area contributed by atoms with Gasteiger partial charge < -0.3 is 4.84 Å². The van der Waals surface area contributed by atoms with E-state index in [-0.39, 0.29) is 0 Å². The normalized spacial score (nSPS) is 35.6. The van der Waals surface area contributed by atoms with Gasteiger partial charge in [0.1, 0.15) is 7.11 Å². The van der Waals surface area contributed by atoms with Crippen LogP contribution in [0.2, 0.25) is 0 Å². The molecule has 94 valence electrons. The molecule has 0 amide bonds. The van der Waals surface area contributed by atoms with Gasteiger partial charge in [0.2, 0.25) is 0 Å². The van der Waals surface area contributed by atoms with Crippen LogP contribution in [0.3, 0.4) is 0 Å². The Morgan fingerprint density at radius 3 is 2.83 bits per heavy atom. The smallest absolute Gasteiger partial charge is 0.106 e. The Labute approximate surface area is 106 Å². The van der Waals surface area contributed by atoms with Crippen molar-refractivity contribution in [2.75, 3.05) is 7.11 Å². The summed E-state index contributed by atoms with van der Waals surface area (Å²) in [5.41, 5.74) is 10.6. The zero-order chi connectivity index (χ0) is 12.1. The Bertz CT molecular complexity index is 510. The van der Waals surface area contributed by atoms with Crippen molar-refractivity contribution in [3.8, 4) is 0 Å². The Morgan fingerprint density at radius 1 is 1.22 bits per heavy atom. The van der Waals surface area contributed by atoms with Crippen LogP contribution < -0.4 is 10.9 Å². The van der Waals surface area contributed by atoms with Crippen LogP contribution in [0.15, 0.2) is 29.4 Å². The van der Waals surface area contributed by atoms with E-state index in [0.29, 0.717) is 18.0 Å². The van der Waals surface area contributed by atoms with Crippen LogP contribution in [0.4, 0.5) is 0 Å². The Balaban J connectivity index is 1.81. The van der Waals surface area contributed by atoms with Crippen molar-refractivity contribution in [2.24, 2.45) is 17.0 Å². The summed E-state index contributed by atoms with van der Waals surface area (Å²) in [5, 5.41) is 4.30. The molecule has 3 atom stereocenters. The Morgan fingerprint density at radius 2 is 2.06 bits per heavy atom. The molecule has 0 bridgehead atoms. The third-order valence-electron chi connectivity index (χ3n) is 4.36. The van der Waals surface area contributed by atoms with Gasteiger partial charge in [-0.25, -0.2) is 5.43 Å². The van der Waals surface area contributed by atoms with Crippen LogP contribution in [0.1, 0.15) is 30.0 Å². The lowest BCUT2D eigenvalue weighted by Crippen LogP contribution is -2.36. The molecule has 1 saturated carbocycles. The average Bonchev–Trinajstić information content (AvgIpc) is 3.08. The van der Waals surface area contributed by atoms with E-state index in [1.165, 1.54) is 24.0 Å². The molecule has 1 aromatic rings. The standard InChI is InChI=1S/C14H17N3O/c1-18-17-14-10-5-3-2-4-9(10)13-11(14)12(15-16-13)8-6-7-8/h2-5,8,11-13,15-16H,6-7H2,1H3/b17-14-. The minimum Gasteiger partial charge on any atom is -0.399 e. The second-order valence-corrected chi connectivity index (χ2v) is 5.40. The van der Waals surface area contributed by atoms with Crippen LogP contribution >= 0.6 is 0 Å². The van der Waals surface area contributed by atoms with Crippen LogP contribution in [0.25, 0.3) is 0 Å². The van der Waals surface area contributed by atoms with Crippen molar-refractivity contribution in [1.29, 1.82) is 0 Å². The third-order valence-corrected chi connectivity index (χ3v) is 4.36. The maximum absolute atomic E-state index is 5.07. The fraction of sp³-hybridized carbons (Fsp3) is 0.500. The van der Waals surface area contributed by atoms with Gasteiger partial charge in [0.15, 0.2) is 0 Å². The van der Waals surface area contributed by atoms with Gasteiger partial charge >= 0.3 is 0 Å². The van der Waals surface area contributed by atoms with Gasteiger partial charge in [0, 0.05) is 17.5 Å². The summed E-state index contributed by atoms with van der Waals surface area (Å²) in [6.07, 6.45) is 2.67. The second-order valence-electron chi connectivity index (χ2n) is 5.40. The van der Waals surface area contributed by atoms with E-state index < -0.39 is 0 Å². The molecule has 0 radical (unpaired) electrons. The highest BCUT2D eigenvalue weighted by atomic mass is 16.6. The molecule has 1 aromatic carbocycles. The maximum Gasteiger partial charge on any atom is 0.106 e. The predicted molar refractivity (Wildman–Crippen MR) is 69.0 cm³/mol. The molecule has 3 unspecified atom stereocenters. The van der Waals surface area contributed by atoms with Gasteiger partial charge in [-0.1, -0.05) is 29.4 Å². The first-order chi connectivity index (χ1) is 8.90. The van der Waals surface area contributed by atoms with Crippen LogP contribution in [-0.4, -0.2) is 18.9 Å². The molecule has 1 heterocycles. The van der Waals surface area contributed by atoms with Crippen molar-refractivity contribution in [3.05, 3.63) is 35.4 Å². The maximum atomic E-state index is 5.07. The molecule has 2 fully saturated rings. The van der Waals surface area contributed by atoms with Crippen molar-refractivity contribution in [2.45, 2.75) is 24.9 Å². The second kappa shape index (κ2) is 3.80. The largest absolute Gasteiger partial charge is 0.399 e. The average molecular weight is 243 g/mol. The SMILES string of the molecule is CO/N=C1/c2ccccc2C2NNC(C3CC3)C12. The molecule has 2 N–H and O–H groups in total. The molecule has 2 aliphatic carbocycles. The van der Waals surface area contributed by atoms with Crippen molar-refractivity contribution >= 4 is 5.71 Å². The number of hydrogen-bond donors (Lipinski definition) is 2. The Kier molecular flexibility index (Phi) is 2.22. The lowest BCUT2D eigenvalue weighted by Gasteiger charge is -2.16. The first-order valence-corrected chi connectivity index (χ1v) is 6.61. The minimum absolute atomic E-state index is 0.348. The molecule has 1 aliphatic heterocycles. The monoisotopic (exact) mass is 243 g/mol. The number of oxime groups is 1. The number of nitrogens with zero attached hydrogens (tertiary/aromatic N) is 1. The van der Waals surface area contributed by atoms with E-state index >= 15 is 0 Å². The summed E-state index contributed by atoms with van der Waals surface area (Å²) < 4.78 is 0. The van der Waals surface area contributed by atoms with E-state index in [9.17, 15) is 0 Å². The Hall–Kier alpha value is -1.39. The van der Waals surface area contributed by atoms with E-state index in [0.717, 1.165) is 11.6 Å². The lowest BCUT2D eigenvalue weighted by molar-refractivity contribution is 0.210. The number of nitrogens with one attached hydrogen (secondary N) is 2. The highest BCUT2D eigenvalue weighted by Gasteiger charge is 2.51. The van der Waals surface area contributed by atoms with Gasteiger partial charge in [0.05, 0.1) is 11.8 Å². The summed E-state index contributed by atoms with van der Waals surface area (Å²) in [6, 6.07) is 9.35. The third kappa shape index (κ3) is 1.36. The molecular formula is C14H17N3O. The molecule has 0 spiro atoms. The fourth-order valence-corrected chi connectivity index (χ4v) is 3.43. The van der Waals surface area contributed by atoms with Crippen LogP contribution in [0.5, 0.6) is 0 Å². The highest BCUT2D eigenvalue weighted by molar-refractivity contribution is 6.07. The molecule has 4 rings (SSSR count). The van der Waals surface area contributed by atoms with E-state index in [1.807, 2.05) is 0 Å². The van der Waals surface area contributed by atoms with Crippen molar-refractivity contribution in [1.82, 2.24) is 10.9 Å². The number of hydrazine groups is 1. The van der Waals surface area contributed by atoms with Crippen molar-refractivity contribution < 1.29 is 4.84 Å². The summed E-state index contributed by atoms with van der Waals surface area (Å²) in [4.78, 5) is 5.07. The van der Waals surface area contributed by atoms with Gasteiger partial charge in [-0.15, -0.1) is 0 Å².